The lowest BCUT2D eigenvalue weighted by Crippen LogP contribution is -2.50. The second-order valence-corrected chi connectivity index (χ2v) is 24.1. The molecule has 5 N–H and O–H groups in total. The normalized spacial score (nSPS) is 25.1. The van der Waals surface area contributed by atoms with Crippen LogP contribution in [0.15, 0.2) is 23.6 Å². The fourth-order valence-electron chi connectivity index (χ4n) is 6.16. The van der Waals surface area contributed by atoms with Crippen LogP contribution < -0.4 is 16.2 Å². The highest BCUT2D eigenvalue weighted by Gasteiger charge is 2.54. The Kier molecular flexibility index (Phi) is 15.0. The lowest BCUT2D eigenvalue weighted by Gasteiger charge is -2.41. The Hall–Kier alpha value is -3.23. The summed E-state index contributed by atoms with van der Waals surface area (Å²) in [6.07, 6.45) is -1.45. The van der Waals surface area contributed by atoms with Gasteiger partial charge in [0.05, 0.1) is 44.8 Å². The first-order valence-corrected chi connectivity index (χ1v) is 25.1. The summed E-state index contributed by atoms with van der Waals surface area (Å²) in [6, 6.07) is 1.53. The van der Waals surface area contributed by atoms with Crippen LogP contribution in [0.2, 0.25) is 18.1 Å². The van der Waals surface area contributed by atoms with Crippen LogP contribution in [0.3, 0.4) is 0 Å². The van der Waals surface area contributed by atoms with E-state index in [-0.39, 0.29) is 60.4 Å². The first-order valence-electron chi connectivity index (χ1n) is 18.5. The highest BCUT2D eigenvalue weighted by atomic mass is 32.5. The predicted molar refractivity (Wildman–Crippen MR) is 213 cm³/mol. The van der Waals surface area contributed by atoms with Crippen molar-refractivity contribution in [3.63, 3.8) is 0 Å². The van der Waals surface area contributed by atoms with Crippen LogP contribution in [0, 0.1) is 29.0 Å². The minimum absolute atomic E-state index is 0.00779. The number of aliphatic hydroxyl groups excluding tert-OH is 1. The lowest BCUT2D eigenvalue weighted by atomic mass is 10.1. The summed E-state index contributed by atoms with van der Waals surface area (Å²) in [5.74, 6) is -2.29. The molecule has 1 saturated carbocycles. The highest BCUT2D eigenvalue weighted by Crippen LogP contribution is 2.56. The van der Waals surface area contributed by atoms with Gasteiger partial charge < -0.3 is 28.6 Å². The summed E-state index contributed by atoms with van der Waals surface area (Å²) >= 11 is 6.00. The monoisotopic (exact) mass is 888 g/mol. The lowest BCUT2D eigenvalue weighted by molar-refractivity contribution is -0.118. The molecule has 58 heavy (non-hydrogen) atoms. The molecule has 1 saturated heterocycles. The Morgan fingerprint density at radius 3 is 2.66 bits per heavy atom. The van der Waals surface area contributed by atoms with Crippen LogP contribution in [-0.2, 0) is 48.4 Å². The number of aromatic nitrogens is 6. The van der Waals surface area contributed by atoms with Gasteiger partial charge in [0.2, 0.25) is 11.9 Å². The number of hydrogen-bond acceptors (Lipinski definition) is 17. The van der Waals surface area contributed by atoms with E-state index in [1.54, 1.807) is 13.8 Å². The number of carbonyl (C=O) groups excluding carboxylic acids is 1. The molecule has 20 nitrogen and oxygen atoms in total. The van der Waals surface area contributed by atoms with Crippen LogP contribution in [0.4, 0.5) is 16.2 Å². The first kappa shape index (κ1) is 45.8. The Labute approximate surface area is 340 Å². The van der Waals surface area contributed by atoms with Crippen molar-refractivity contribution in [2.24, 2.45) is 11.8 Å². The molecule has 0 bridgehead atoms. The van der Waals surface area contributed by atoms with Gasteiger partial charge in [0.1, 0.15) is 30.7 Å². The number of nitrogens with one attached hydrogen (secondary N) is 3. The Balaban J connectivity index is 1.52. The molecule has 25 heteroatoms. The number of aliphatic hydroxyl groups is 1. The molecule has 0 radical (unpaired) electrons. The minimum atomic E-state index is -3.95. The number of hydrogen-bond donors (Lipinski definition) is 5. The Bertz CT molecular complexity index is 2100. The number of nitrogens with zero attached hydrogens (tertiary/aromatic N) is 6. The molecule has 1 aliphatic carbocycles. The molecule has 0 aromatic carbocycles. The fraction of sp³-hybridized carbons (Fsp3) is 0.667. The number of amides is 1. The topological polar surface area (TPSA) is 267 Å². The number of H-pyrrole nitrogens is 1. The molecule has 3 aromatic rings. The summed E-state index contributed by atoms with van der Waals surface area (Å²) in [6.45, 7) is 8.57. The summed E-state index contributed by atoms with van der Waals surface area (Å²) < 4.78 is 65.4. The molecule has 0 spiro atoms. The number of aromatic amines is 1. The van der Waals surface area contributed by atoms with Gasteiger partial charge in [0, 0.05) is 22.4 Å². The average Bonchev–Trinajstić information content (AvgIpc) is 3.82. The van der Waals surface area contributed by atoms with Gasteiger partial charge >= 0.3 is 15.0 Å². The van der Waals surface area contributed by atoms with Gasteiger partial charge in [-0.15, -0.1) is 9.42 Å². The molecular formula is C33H49FN9O11P2SSi+. The van der Waals surface area contributed by atoms with Crippen molar-refractivity contribution in [1.29, 1.82) is 5.26 Å². The van der Waals surface area contributed by atoms with Gasteiger partial charge in [-0.2, -0.15) is 10.2 Å². The van der Waals surface area contributed by atoms with E-state index in [0.717, 1.165) is 6.20 Å². The third-order valence-corrected chi connectivity index (χ3v) is 17.5. The van der Waals surface area contributed by atoms with Crippen LogP contribution in [0.1, 0.15) is 60.1 Å². The number of halogens is 1. The molecule has 5 rings (SSSR count). The van der Waals surface area contributed by atoms with Crippen molar-refractivity contribution in [3.8, 4) is 6.07 Å². The number of ether oxygens (including phenoxy) is 1. The molecule has 2 aliphatic rings. The number of carbonyl (C=O) groups is 1. The smallest absolute Gasteiger partial charge is 0.408 e. The van der Waals surface area contributed by atoms with Gasteiger partial charge in [-0.3, -0.25) is 29.0 Å². The number of fused-ring (bicyclic) bond motifs is 1. The first-order chi connectivity index (χ1) is 27.3. The van der Waals surface area contributed by atoms with Gasteiger partial charge in [0.25, 0.3) is 5.56 Å². The zero-order valence-corrected chi connectivity index (χ0v) is 36.6. The Morgan fingerprint density at radius 2 is 2.02 bits per heavy atom. The zero-order chi connectivity index (χ0) is 42.6. The van der Waals surface area contributed by atoms with Crippen LogP contribution >= 0.6 is 15.0 Å². The fourth-order valence-corrected chi connectivity index (χ4v) is 10.1. The van der Waals surface area contributed by atoms with Crippen molar-refractivity contribution >= 4 is 63.9 Å². The second kappa shape index (κ2) is 19.0. The number of nitriles is 1. The van der Waals surface area contributed by atoms with E-state index in [1.165, 1.54) is 17.2 Å². The summed E-state index contributed by atoms with van der Waals surface area (Å²) in [5.41, 5.74) is -0.722. The standard InChI is InChI=1S/C33H48FN9O11P2SSi/c1-18(2)29(45)41-32-40-28-24(30(46)42-32)38-17-43(28)31-26(25(23(14-44)51-31)54-58(6,7)33(3,4)5)53-56(57,49-10-8-9-35)50-15-19-11-20(12-22(19)52-55(47)48)39-27-21(34)13-36-16-37-27/h13,16-20,22-23,25-26,31,44H,8,10-12,14-15H2,1-7H3,(H3-,36,37,39,40,41,42,45,46,47,48)/p+1/t19-,20-,22+,23-,25-,26-,31-,56-/m1/s1. The van der Waals surface area contributed by atoms with E-state index in [4.69, 9.17) is 39.1 Å². The molecule has 9 atom stereocenters. The van der Waals surface area contributed by atoms with Gasteiger partial charge in [0.15, 0.2) is 37.3 Å². The summed E-state index contributed by atoms with van der Waals surface area (Å²) in [5, 5.41) is 25.3. The molecule has 1 aliphatic heterocycles. The predicted octanol–water partition coefficient (Wildman–Crippen LogP) is 4.41. The molecule has 3 aromatic heterocycles. The maximum absolute atomic E-state index is 14.4. The van der Waals surface area contributed by atoms with Gasteiger partial charge in [-0.1, -0.05) is 34.6 Å². The third-order valence-electron chi connectivity index (χ3n) is 10.2. The van der Waals surface area contributed by atoms with Crippen LogP contribution in [0.25, 0.3) is 11.2 Å². The number of imidazole rings is 1. The highest BCUT2D eigenvalue weighted by molar-refractivity contribution is 8.07. The quantitative estimate of drug-likeness (QED) is 0.0673. The average molecular weight is 889 g/mol. The largest absolute Gasteiger partial charge is 0.695 e. The molecule has 318 valence electrons. The van der Waals surface area contributed by atoms with E-state index in [1.807, 2.05) is 39.9 Å². The maximum Gasteiger partial charge on any atom is 0.695 e. The van der Waals surface area contributed by atoms with Gasteiger partial charge in [-0.25, -0.2) is 19.3 Å². The molecular weight excluding hydrogens is 840 g/mol. The zero-order valence-electron chi connectivity index (χ0n) is 33.0. The Morgan fingerprint density at radius 1 is 1.28 bits per heavy atom. The molecule has 1 amide bonds. The molecule has 2 fully saturated rings. The number of anilines is 2. The molecule has 1 unspecified atom stereocenters. The third kappa shape index (κ3) is 10.9. The van der Waals surface area contributed by atoms with Crippen LogP contribution in [0.5, 0.6) is 0 Å². The van der Waals surface area contributed by atoms with Crippen molar-refractivity contribution in [2.45, 2.75) is 109 Å². The van der Waals surface area contributed by atoms with Crippen molar-refractivity contribution in [2.75, 3.05) is 30.5 Å². The van der Waals surface area contributed by atoms with Crippen molar-refractivity contribution in [3.05, 3.63) is 35.0 Å². The minimum Gasteiger partial charge on any atom is -0.408 e. The van der Waals surface area contributed by atoms with Crippen LogP contribution in [-0.4, -0.2) is 104 Å². The van der Waals surface area contributed by atoms with E-state index < -0.39 is 95.7 Å². The van der Waals surface area contributed by atoms with E-state index in [0.29, 0.717) is 0 Å². The van der Waals surface area contributed by atoms with Gasteiger partial charge in [-0.05, 0) is 42.8 Å². The second-order valence-electron chi connectivity index (χ2n) is 15.7. The summed E-state index contributed by atoms with van der Waals surface area (Å²) in [4.78, 5) is 54.2. The van der Waals surface area contributed by atoms with E-state index in [2.05, 4.69) is 35.6 Å². The van der Waals surface area contributed by atoms with Crippen molar-refractivity contribution in [1.82, 2.24) is 29.5 Å². The van der Waals surface area contributed by atoms with Crippen molar-refractivity contribution < 1.29 is 51.0 Å². The SMILES string of the molecule is CC(C)C(=O)Nc1nc2c(ncn2[C@@H]2O[C@H](CO)[C@@H](O[Si](C)(C)C(C)(C)C)[C@H]2O[P@@](=S)(OCCC#N)OC[C@H]2C[C@@H](Nc3ncncc3F)C[C@@H]2O[P+](=O)O)c(=O)[nH]1. The number of rotatable bonds is 18. The van der Waals surface area contributed by atoms with E-state index >= 15 is 0 Å². The maximum atomic E-state index is 14.4. The van der Waals surface area contributed by atoms with E-state index in [9.17, 15) is 33.8 Å². The molecule has 4 heterocycles. The summed E-state index contributed by atoms with van der Waals surface area (Å²) in [7, 11) is -5.71.